The number of hydrogen-bond donors (Lipinski definition) is 1. The molecule has 94 valence electrons. The number of nitrogens with two attached hydrogens (primary N) is 1. The molecule has 1 atom stereocenters. The molecule has 0 aliphatic carbocycles. The van der Waals surface area contributed by atoms with Gasteiger partial charge in [-0.2, -0.15) is 9.97 Å². The third-order valence-corrected chi connectivity index (χ3v) is 2.85. The maximum atomic E-state index is 5.73. The van der Waals surface area contributed by atoms with Crippen molar-refractivity contribution in [3.8, 4) is 12.0 Å². The Morgan fingerprint density at radius 1 is 1.24 bits per heavy atom. The third kappa shape index (κ3) is 2.38. The van der Waals surface area contributed by atoms with Gasteiger partial charge in [0.1, 0.15) is 0 Å². The Kier molecular flexibility index (Phi) is 3.58. The molecule has 0 spiro atoms. The highest BCUT2D eigenvalue weighted by Gasteiger charge is 2.26. The molecule has 1 aromatic rings. The standard InChI is InChI=1S/C10H17N5O2/c1-16-9-12-8(13-10(14-9)17-2)15-5-3-4-7(15)6-11/h7H,3-6,11H2,1-2H3. The average Bonchev–Trinajstić information content (AvgIpc) is 2.86. The minimum atomic E-state index is 0.259. The highest BCUT2D eigenvalue weighted by atomic mass is 16.5. The molecule has 2 rings (SSSR count). The van der Waals surface area contributed by atoms with Crippen molar-refractivity contribution in [3.05, 3.63) is 0 Å². The Bertz CT molecular complexity index is 365. The summed E-state index contributed by atoms with van der Waals surface area (Å²) in [6, 6.07) is 0.802. The topological polar surface area (TPSA) is 86.4 Å². The monoisotopic (exact) mass is 239 g/mol. The lowest BCUT2D eigenvalue weighted by Gasteiger charge is -2.23. The van der Waals surface area contributed by atoms with Crippen LogP contribution in [0.2, 0.25) is 0 Å². The molecular weight excluding hydrogens is 222 g/mol. The van der Waals surface area contributed by atoms with E-state index in [-0.39, 0.29) is 18.1 Å². The summed E-state index contributed by atoms with van der Waals surface area (Å²) >= 11 is 0. The van der Waals surface area contributed by atoms with Gasteiger partial charge in [0.05, 0.1) is 14.2 Å². The van der Waals surface area contributed by atoms with Crippen LogP contribution in [0, 0.1) is 0 Å². The quantitative estimate of drug-likeness (QED) is 0.779. The minimum absolute atomic E-state index is 0.259. The number of aromatic nitrogens is 3. The Morgan fingerprint density at radius 3 is 2.41 bits per heavy atom. The van der Waals surface area contributed by atoms with E-state index in [1.165, 1.54) is 14.2 Å². The number of methoxy groups -OCH3 is 2. The van der Waals surface area contributed by atoms with E-state index in [2.05, 4.69) is 19.9 Å². The van der Waals surface area contributed by atoms with Crippen molar-refractivity contribution < 1.29 is 9.47 Å². The van der Waals surface area contributed by atoms with E-state index >= 15 is 0 Å². The molecule has 1 fully saturated rings. The fourth-order valence-corrected chi connectivity index (χ4v) is 1.98. The van der Waals surface area contributed by atoms with Gasteiger partial charge >= 0.3 is 12.0 Å². The maximum absolute atomic E-state index is 5.73. The smallest absolute Gasteiger partial charge is 0.324 e. The van der Waals surface area contributed by atoms with Crippen LogP contribution in [0.3, 0.4) is 0 Å². The Balaban J connectivity index is 2.30. The molecule has 0 saturated carbocycles. The van der Waals surface area contributed by atoms with Crippen LogP contribution in [0.5, 0.6) is 12.0 Å². The molecule has 7 heteroatoms. The Morgan fingerprint density at radius 2 is 1.88 bits per heavy atom. The summed E-state index contributed by atoms with van der Waals surface area (Å²) in [6.07, 6.45) is 2.16. The highest BCUT2D eigenvalue weighted by molar-refractivity contribution is 5.35. The zero-order valence-electron chi connectivity index (χ0n) is 10.1. The van der Waals surface area contributed by atoms with Crippen molar-refractivity contribution in [1.82, 2.24) is 15.0 Å². The van der Waals surface area contributed by atoms with Crippen LogP contribution in [-0.2, 0) is 0 Å². The molecule has 1 aliphatic heterocycles. The van der Waals surface area contributed by atoms with Gasteiger partial charge in [0.2, 0.25) is 5.95 Å². The summed E-state index contributed by atoms with van der Waals surface area (Å²) in [5, 5.41) is 0. The van der Waals surface area contributed by atoms with Crippen LogP contribution >= 0.6 is 0 Å². The first kappa shape index (κ1) is 11.8. The van der Waals surface area contributed by atoms with Crippen molar-refractivity contribution in [1.29, 1.82) is 0 Å². The van der Waals surface area contributed by atoms with Gasteiger partial charge in [0.15, 0.2) is 0 Å². The first-order valence-corrected chi connectivity index (χ1v) is 5.59. The molecule has 17 heavy (non-hydrogen) atoms. The molecule has 2 heterocycles. The van der Waals surface area contributed by atoms with Gasteiger partial charge in [-0.15, -0.1) is 4.98 Å². The third-order valence-electron chi connectivity index (χ3n) is 2.85. The maximum Gasteiger partial charge on any atom is 0.324 e. The van der Waals surface area contributed by atoms with Gasteiger partial charge in [-0.05, 0) is 12.8 Å². The normalized spacial score (nSPS) is 19.5. The molecule has 0 amide bonds. The van der Waals surface area contributed by atoms with Gasteiger partial charge < -0.3 is 20.1 Å². The number of hydrogen-bond acceptors (Lipinski definition) is 7. The van der Waals surface area contributed by atoms with Crippen LogP contribution in [0.25, 0.3) is 0 Å². The van der Waals surface area contributed by atoms with Crippen LogP contribution in [0.1, 0.15) is 12.8 Å². The second kappa shape index (κ2) is 5.13. The van der Waals surface area contributed by atoms with Crippen LogP contribution in [-0.4, -0.2) is 48.3 Å². The minimum Gasteiger partial charge on any atom is -0.467 e. The summed E-state index contributed by atoms with van der Waals surface area (Å²) in [6.45, 7) is 1.49. The second-order valence-electron chi connectivity index (χ2n) is 3.83. The Hall–Kier alpha value is -1.63. The molecule has 0 bridgehead atoms. The molecule has 1 saturated heterocycles. The van der Waals surface area contributed by atoms with Crippen LogP contribution in [0.15, 0.2) is 0 Å². The van der Waals surface area contributed by atoms with E-state index in [0.29, 0.717) is 12.5 Å². The summed E-state index contributed by atoms with van der Waals surface area (Å²) in [5.41, 5.74) is 5.73. The second-order valence-corrected chi connectivity index (χ2v) is 3.83. The van der Waals surface area contributed by atoms with Gasteiger partial charge in [-0.1, -0.05) is 0 Å². The Labute approximate surface area is 100.0 Å². The van der Waals surface area contributed by atoms with Crippen molar-refractivity contribution in [2.24, 2.45) is 5.73 Å². The van der Waals surface area contributed by atoms with Crippen molar-refractivity contribution >= 4 is 5.95 Å². The van der Waals surface area contributed by atoms with E-state index < -0.39 is 0 Å². The van der Waals surface area contributed by atoms with E-state index in [0.717, 1.165) is 19.4 Å². The zero-order chi connectivity index (χ0) is 12.3. The van der Waals surface area contributed by atoms with E-state index in [4.69, 9.17) is 15.2 Å². The molecular formula is C10H17N5O2. The predicted octanol–water partition coefficient (Wildman–Crippen LogP) is -0.184. The SMILES string of the molecule is COc1nc(OC)nc(N2CCCC2CN)n1. The summed E-state index contributed by atoms with van der Waals surface area (Å²) < 4.78 is 10.1. The molecule has 0 aromatic carbocycles. The van der Waals surface area contributed by atoms with Crippen LogP contribution < -0.4 is 20.1 Å². The highest BCUT2D eigenvalue weighted by Crippen LogP contribution is 2.24. The zero-order valence-corrected chi connectivity index (χ0v) is 10.1. The molecule has 1 aliphatic rings. The molecule has 1 aromatic heterocycles. The largest absolute Gasteiger partial charge is 0.467 e. The number of rotatable bonds is 4. The fraction of sp³-hybridized carbons (Fsp3) is 0.700. The number of nitrogens with zero attached hydrogens (tertiary/aromatic N) is 4. The molecule has 0 radical (unpaired) electrons. The van der Waals surface area contributed by atoms with Gasteiger partial charge in [0, 0.05) is 19.1 Å². The van der Waals surface area contributed by atoms with Crippen LogP contribution in [0.4, 0.5) is 5.95 Å². The van der Waals surface area contributed by atoms with Crippen molar-refractivity contribution in [2.75, 3.05) is 32.2 Å². The molecule has 1 unspecified atom stereocenters. The first-order valence-electron chi connectivity index (χ1n) is 5.59. The van der Waals surface area contributed by atoms with Gasteiger partial charge in [-0.25, -0.2) is 0 Å². The predicted molar refractivity (Wildman–Crippen MR) is 62.4 cm³/mol. The average molecular weight is 239 g/mol. The summed E-state index contributed by atoms with van der Waals surface area (Å²) in [5.74, 6) is 0.571. The number of ether oxygens (including phenoxy) is 2. The van der Waals surface area contributed by atoms with Crippen molar-refractivity contribution in [3.63, 3.8) is 0 Å². The fourth-order valence-electron chi connectivity index (χ4n) is 1.98. The lowest BCUT2D eigenvalue weighted by Crippen LogP contribution is -2.36. The lowest BCUT2D eigenvalue weighted by molar-refractivity contribution is 0.339. The van der Waals surface area contributed by atoms with Gasteiger partial charge in [-0.3, -0.25) is 0 Å². The van der Waals surface area contributed by atoms with E-state index in [9.17, 15) is 0 Å². The summed E-state index contributed by atoms with van der Waals surface area (Å²) in [4.78, 5) is 14.5. The van der Waals surface area contributed by atoms with E-state index in [1.54, 1.807) is 0 Å². The number of anilines is 1. The molecule has 2 N–H and O–H groups in total. The first-order chi connectivity index (χ1) is 8.28. The summed E-state index contributed by atoms with van der Waals surface area (Å²) in [7, 11) is 3.03. The molecule has 7 nitrogen and oxygen atoms in total. The van der Waals surface area contributed by atoms with Gasteiger partial charge in [0.25, 0.3) is 0 Å². The lowest BCUT2D eigenvalue weighted by atomic mass is 10.2. The van der Waals surface area contributed by atoms with Crippen molar-refractivity contribution in [2.45, 2.75) is 18.9 Å². The van der Waals surface area contributed by atoms with E-state index in [1.807, 2.05) is 0 Å².